The summed E-state index contributed by atoms with van der Waals surface area (Å²) in [7, 11) is 3.78. The summed E-state index contributed by atoms with van der Waals surface area (Å²) in [4.78, 5) is 17.0. The maximum atomic E-state index is 12.8. The fourth-order valence-corrected chi connectivity index (χ4v) is 3.31. The number of benzene rings is 2. The number of likely N-dealkylation sites (N-methyl/N-ethyl adjacent to an activating group) is 1. The molecule has 0 radical (unpaired) electrons. The van der Waals surface area contributed by atoms with Crippen molar-refractivity contribution in [2.45, 2.75) is 6.04 Å². The van der Waals surface area contributed by atoms with Gasteiger partial charge >= 0.3 is 0 Å². The van der Waals surface area contributed by atoms with Crippen molar-refractivity contribution in [3.05, 3.63) is 64.1 Å². The fourth-order valence-electron chi connectivity index (χ4n) is 3.04. The summed E-state index contributed by atoms with van der Waals surface area (Å²) >= 11 is 3.41. The summed E-state index contributed by atoms with van der Waals surface area (Å²) in [6.45, 7) is 2.27. The second-order valence-corrected chi connectivity index (χ2v) is 6.95. The number of piperazine rings is 1. The van der Waals surface area contributed by atoms with E-state index in [0.717, 1.165) is 28.9 Å². The molecule has 1 amide bonds. The lowest BCUT2D eigenvalue weighted by Crippen LogP contribution is -2.49. The lowest BCUT2D eigenvalue weighted by atomic mass is 10.0. The zero-order valence-corrected chi connectivity index (χ0v) is 15.5. The maximum absolute atomic E-state index is 12.8. The highest BCUT2D eigenvalue weighted by molar-refractivity contribution is 9.10. The van der Waals surface area contributed by atoms with E-state index in [9.17, 15) is 4.79 Å². The van der Waals surface area contributed by atoms with Crippen LogP contribution in [0.4, 0.5) is 0 Å². The second kappa shape index (κ2) is 7.36. The van der Waals surface area contributed by atoms with Crippen molar-refractivity contribution in [2.24, 2.45) is 0 Å². The number of hydrogen-bond donors (Lipinski definition) is 0. The van der Waals surface area contributed by atoms with Crippen LogP contribution >= 0.6 is 15.9 Å². The first-order valence-electron chi connectivity index (χ1n) is 7.97. The molecule has 0 saturated carbocycles. The van der Waals surface area contributed by atoms with Crippen LogP contribution in [0.1, 0.15) is 22.0 Å². The average molecular weight is 389 g/mol. The Labute approximate surface area is 151 Å². The lowest BCUT2D eigenvalue weighted by Gasteiger charge is -2.39. The smallest absolute Gasteiger partial charge is 0.253 e. The molecule has 1 atom stereocenters. The van der Waals surface area contributed by atoms with E-state index in [4.69, 9.17) is 4.74 Å². The summed E-state index contributed by atoms with van der Waals surface area (Å²) in [6.07, 6.45) is 0. The number of ether oxygens (including phenoxy) is 1. The van der Waals surface area contributed by atoms with E-state index in [0.29, 0.717) is 6.54 Å². The number of carbonyl (C=O) groups is 1. The number of halogens is 1. The van der Waals surface area contributed by atoms with Crippen LogP contribution in [0.15, 0.2) is 53.0 Å². The Hall–Kier alpha value is -1.85. The van der Waals surface area contributed by atoms with Crippen LogP contribution in [0, 0.1) is 0 Å². The van der Waals surface area contributed by atoms with Gasteiger partial charge in [-0.05, 0) is 49.0 Å². The molecule has 1 saturated heterocycles. The van der Waals surface area contributed by atoms with Crippen LogP contribution < -0.4 is 4.74 Å². The summed E-state index contributed by atoms with van der Waals surface area (Å²) in [5.74, 6) is 0.931. The van der Waals surface area contributed by atoms with Crippen molar-refractivity contribution in [2.75, 3.05) is 33.8 Å². The Morgan fingerprint density at radius 2 is 1.92 bits per heavy atom. The van der Waals surface area contributed by atoms with Crippen LogP contribution in [0.25, 0.3) is 0 Å². The molecule has 3 rings (SSSR count). The number of amides is 1. The van der Waals surface area contributed by atoms with Crippen molar-refractivity contribution in [3.63, 3.8) is 0 Å². The Bertz CT molecular complexity index is 718. The van der Waals surface area contributed by atoms with Gasteiger partial charge in [0.25, 0.3) is 5.91 Å². The Balaban J connectivity index is 1.79. The van der Waals surface area contributed by atoms with E-state index in [1.165, 1.54) is 5.56 Å². The molecule has 1 heterocycles. The van der Waals surface area contributed by atoms with Gasteiger partial charge in [0.05, 0.1) is 13.2 Å². The molecule has 1 aliphatic heterocycles. The molecule has 4 nitrogen and oxygen atoms in total. The largest absolute Gasteiger partial charge is 0.497 e. The van der Waals surface area contributed by atoms with Gasteiger partial charge < -0.3 is 9.64 Å². The molecule has 5 heteroatoms. The number of nitrogens with zero attached hydrogens (tertiary/aromatic N) is 2. The Morgan fingerprint density at radius 3 is 2.62 bits per heavy atom. The molecule has 0 aliphatic carbocycles. The molecule has 1 unspecified atom stereocenters. The predicted molar refractivity (Wildman–Crippen MR) is 98.4 cm³/mol. The van der Waals surface area contributed by atoms with Crippen LogP contribution in [0.3, 0.4) is 0 Å². The third kappa shape index (κ3) is 3.62. The highest BCUT2D eigenvalue weighted by Gasteiger charge is 2.29. The quantitative estimate of drug-likeness (QED) is 0.805. The number of rotatable bonds is 3. The topological polar surface area (TPSA) is 32.8 Å². The van der Waals surface area contributed by atoms with Crippen molar-refractivity contribution in [1.82, 2.24) is 9.80 Å². The molecule has 2 aromatic rings. The maximum Gasteiger partial charge on any atom is 0.253 e. The SMILES string of the molecule is COc1cccc(C2CN(C(=O)c3ccc(Br)cc3)CCN2C)c1. The molecular weight excluding hydrogens is 368 g/mol. The number of methoxy groups -OCH3 is 1. The van der Waals surface area contributed by atoms with E-state index >= 15 is 0 Å². The van der Waals surface area contributed by atoms with E-state index in [1.807, 2.05) is 41.3 Å². The molecule has 24 heavy (non-hydrogen) atoms. The minimum Gasteiger partial charge on any atom is -0.497 e. The summed E-state index contributed by atoms with van der Waals surface area (Å²) in [5, 5.41) is 0. The van der Waals surface area contributed by atoms with Gasteiger partial charge in [-0.25, -0.2) is 0 Å². The monoisotopic (exact) mass is 388 g/mol. The van der Waals surface area contributed by atoms with Gasteiger partial charge in [0.2, 0.25) is 0 Å². The summed E-state index contributed by atoms with van der Waals surface area (Å²) in [5.41, 5.74) is 1.90. The lowest BCUT2D eigenvalue weighted by molar-refractivity contribution is 0.0546. The van der Waals surface area contributed by atoms with Gasteiger partial charge in [-0.3, -0.25) is 9.69 Å². The normalized spacial score (nSPS) is 18.5. The van der Waals surface area contributed by atoms with Gasteiger partial charge in [0.15, 0.2) is 0 Å². The third-order valence-electron chi connectivity index (χ3n) is 4.50. The van der Waals surface area contributed by atoms with Gasteiger partial charge in [-0.2, -0.15) is 0 Å². The van der Waals surface area contributed by atoms with Crippen molar-refractivity contribution < 1.29 is 9.53 Å². The molecule has 0 bridgehead atoms. The van der Waals surface area contributed by atoms with E-state index < -0.39 is 0 Å². The number of carbonyl (C=O) groups excluding carboxylic acids is 1. The predicted octanol–water partition coefficient (Wildman–Crippen LogP) is 3.59. The Morgan fingerprint density at radius 1 is 1.17 bits per heavy atom. The molecule has 2 aromatic carbocycles. The third-order valence-corrected chi connectivity index (χ3v) is 5.03. The highest BCUT2D eigenvalue weighted by atomic mass is 79.9. The first kappa shape index (κ1) is 17.0. The molecular formula is C19H21BrN2O2. The second-order valence-electron chi connectivity index (χ2n) is 6.03. The zero-order chi connectivity index (χ0) is 17.1. The van der Waals surface area contributed by atoms with E-state index in [2.05, 4.69) is 40.0 Å². The summed E-state index contributed by atoms with van der Waals surface area (Å²) < 4.78 is 6.31. The molecule has 0 spiro atoms. The molecule has 126 valence electrons. The fraction of sp³-hybridized carbons (Fsp3) is 0.316. The zero-order valence-electron chi connectivity index (χ0n) is 13.9. The summed E-state index contributed by atoms with van der Waals surface area (Å²) in [6, 6.07) is 15.8. The van der Waals surface area contributed by atoms with Gasteiger partial charge in [-0.1, -0.05) is 28.1 Å². The first-order chi connectivity index (χ1) is 11.6. The molecule has 0 N–H and O–H groups in total. The number of hydrogen-bond acceptors (Lipinski definition) is 3. The van der Waals surface area contributed by atoms with Crippen molar-refractivity contribution in [3.8, 4) is 5.75 Å². The minimum atomic E-state index is 0.0866. The van der Waals surface area contributed by atoms with Crippen LogP contribution in [-0.4, -0.2) is 49.5 Å². The van der Waals surface area contributed by atoms with Gasteiger partial charge in [-0.15, -0.1) is 0 Å². The first-order valence-corrected chi connectivity index (χ1v) is 8.77. The standard InChI is InChI=1S/C19H21BrN2O2/c1-21-10-11-22(19(23)14-6-8-16(20)9-7-14)13-18(21)15-4-3-5-17(12-15)24-2/h3-9,12,18H,10-11,13H2,1-2H3. The van der Waals surface area contributed by atoms with Crippen molar-refractivity contribution in [1.29, 1.82) is 0 Å². The Kier molecular flexibility index (Phi) is 5.21. The van der Waals surface area contributed by atoms with E-state index in [1.54, 1.807) is 7.11 Å². The van der Waals surface area contributed by atoms with Crippen molar-refractivity contribution >= 4 is 21.8 Å². The molecule has 0 aromatic heterocycles. The van der Waals surface area contributed by atoms with Crippen LogP contribution in [-0.2, 0) is 0 Å². The van der Waals surface area contributed by atoms with Crippen LogP contribution in [0.5, 0.6) is 5.75 Å². The molecule has 1 aliphatic rings. The van der Waals surface area contributed by atoms with Gasteiger partial charge in [0.1, 0.15) is 5.75 Å². The van der Waals surface area contributed by atoms with E-state index in [-0.39, 0.29) is 11.9 Å². The molecule has 1 fully saturated rings. The highest BCUT2D eigenvalue weighted by Crippen LogP contribution is 2.27. The minimum absolute atomic E-state index is 0.0866. The van der Waals surface area contributed by atoms with Gasteiger partial charge in [0, 0.05) is 29.7 Å². The average Bonchev–Trinajstić information content (AvgIpc) is 2.62. The van der Waals surface area contributed by atoms with Crippen LogP contribution in [0.2, 0.25) is 0 Å².